The van der Waals surface area contributed by atoms with Crippen LogP contribution in [0.25, 0.3) is 0 Å². The number of nitrogens with one attached hydrogen (secondary N) is 1. The predicted octanol–water partition coefficient (Wildman–Crippen LogP) is 1.41. The molecule has 0 bridgehead atoms. The Balaban J connectivity index is 2.19. The summed E-state index contributed by atoms with van der Waals surface area (Å²) in [6.07, 6.45) is 5.50. The maximum absolute atomic E-state index is 11.4. The first-order chi connectivity index (χ1) is 7.22. The Kier molecular flexibility index (Phi) is 4.90. The monoisotopic (exact) mass is 210 g/mol. The molecule has 1 amide bonds. The SMILES string of the molecule is CCCC(N)CC(=O)NCc1ccoc1. The van der Waals surface area contributed by atoms with Gasteiger partial charge in [-0.2, -0.15) is 0 Å². The van der Waals surface area contributed by atoms with Gasteiger partial charge in [-0.05, 0) is 12.5 Å². The van der Waals surface area contributed by atoms with Gasteiger partial charge in [0.1, 0.15) is 0 Å². The molecule has 1 heterocycles. The molecule has 0 spiro atoms. The van der Waals surface area contributed by atoms with E-state index in [0.29, 0.717) is 13.0 Å². The summed E-state index contributed by atoms with van der Waals surface area (Å²) in [5, 5.41) is 2.80. The van der Waals surface area contributed by atoms with E-state index in [2.05, 4.69) is 12.2 Å². The van der Waals surface area contributed by atoms with E-state index in [9.17, 15) is 4.79 Å². The van der Waals surface area contributed by atoms with Crippen molar-refractivity contribution in [1.82, 2.24) is 5.32 Å². The lowest BCUT2D eigenvalue weighted by Gasteiger charge is -2.09. The number of hydrogen-bond acceptors (Lipinski definition) is 3. The number of furan rings is 1. The summed E-state index contributed by atoms with van der Waals surface area (Å²) in [7, 11) is 0. The molecule has 4 heteroatoms. The summed E-state index contributed by atoms with van der Waals surface area (Å²) in [6, 6.07) is 1.80. The number of carbonyl (C=O) groups excluding carboxylic acids is 1. The molecule has 3 N–H and O–H groups in total. The second-order valence-electron chi connectivity index (χ2n) is 3.66. The zero-order valence-electron chi connectivity index (χ0n) is 9.03. The van der Waals surface area contributed by atoms with Gasteiger partial charge >= 0.3 is 0 Å². The minimum atomic E-state index is -0.0284. The number of amides is 1. The van der Waals surface area contributed by atoms with Gasteiger partial charge in [0.25, 0.3) is 0 Å². The third-order valence-electron chi connectivity index (χ3n) is 2.18. The lowest BCUT2D eigenvalue weighted by molar-refractivity contribution is -0.121. The predicted molar refractivity (Wildman–Crippen MR) is 58.1 cm³/mol. The van der Waals surface area contributed by atoms with Crippen LogP contribution in [0.4, 0.5) is 0 Å². The highest BCUT2D eigenvalue weighted by Crippen LogP contribution is 2.01. The Labute approximate surface area is 89.8 Å². The van der Waals surface area contributed by atoms with Crippen LogP contribution in [0.3, 0.4) is 0 Å². The molecule has 4 nitrogen and oxygen atoms in total. The largest absolute Gasteiger partial charge is 0.472 e. The van der Waals surface area contributed by atoms with Gasteiger partial charge in [-0.25, -0.2) is 0 Å². The highest BCUT2D eigenvalue weighted by Gasteiger charge is 2.08. The molecule has 0 aliphatic carbocycles. The summed E-state index contributed by atoms with van der Waals surface area (Å²) >= 11 is 0. The highest BCUT2D eigenvalue weighted by molar-refractivity contribution is 5.76. The first kappa shape index (κ1) is 11.8. The maximum Gasteiger partial charge on any atom is 0.221 e. The van der Waals surface area contributed by atoms with E-state index >= 15 is 0 Å². The van der Waals surface area contributed by atoms with Crippen molar-refractivity contribution in [2.24, 2.45) is 5.73 Å². The van der Waals surface area contributed by atoms with Crippen LogP contribution in [0.1, 0.15) is 31.7 Å². The standard InChI is InChI=1S/C11H18N2O2/c1-2-3-10(12)6-11(14)13-7-9-4-5-15-8-9/h4-5,8,10H,2-3,6-7,12H2,1H3,(H,13,14). The van der Waals surface area contributed by atoms with E-state index in [1.54, 1.807) is 12.5 Å². The number of carbonyl (C=O) groups is 1. The van der Waals surface area contributed by atoms with Gasteiger partial charge in [0.05, 0.1) is 12.5 Å². The second kappa shape index (κ2) is 6.24. The fraction of sp³-hybridized carbons (Fsp3) is 0.545. The van der Waals surface area contributed by atoms with Crippen LogP contribution in [0.5, 0.6) is 0 Å². The molecule has 0 aliphatic heterocycles. The molecular formula is C11H18N2O2. The van der Waals surface area contributed by atoms with Crippen molar-refractivity contribution in [3.05, 3.63) is 24.2 Å². The van der Waals surface area contributed by atoms with Gasteiger partial charge < -0.3 is 15.5 Å². The zero-order chi connectivity index (χ0) is 11.1. The van der Waals surface area contributed by atoms with Gasteiger partial charge in [0, 0.05) is 24.6 Å². The van der Waals surface area contributed by atoms with E-state index in [1.165, 1.54) is 0 Å². The van der Waals surface area contributed by atoms with E-state index in [-0.39, 0.29) is 11.9 Å². The van der Waals surface area contributed by atoms with Crippen LogP contribution in [0.15, 0.2) is 23.0 Å². The summed E-state index contributed by atoms with van der Waals surface area (Å²) in [5.41, 5.74) is 6.72. The lowest BCUT2D eigenvalue weighted by atomic mass is 10.1. The Hall–Kier alpha value is -1.29. The fourth-order valence-corrected chi connectivity index (χ4v) is 1.38. The topological polar surface area (TPSA) is 68.3 Å². The van der Waals surface area contributed by atoms with Gasteiger partial charge in [0.2, 0.25) is 5.91 Å². The molecule has 0 radical (unpaired) electrons. The summed E-state index contributed by atoms with van der Waals surface area (Å²) in [5.74, 6) is -0.00264. The zero-order valence-corrected chi connectivity index (χ0v) is 9.03. The van der Waals surface area contributed by atoms with Crippen molar-refractivity contribution >= 4 is 5.91 Å². The van der Waals surface area contributed by atoms with E-state index < -0.39 is 0 Å². The first-order valence-corrected chi connectivity index (χ1v) is 5.25. The van der Waals surface area contributed by atoms with E-state index in [4.69, 9.17) is 10.2 Å². The number of rotatable bonds is 6. The van der Waals surface area contributed by atoms with Crippen molar-refractivity contribution in [2.45, 2.75) is 38.8 Å². The normalized spacial score (nSPS) is 12.4. The van der Waals surface area contributed by atoms with Gasteiger partial charge in [0.15, 0.2) is 0 Å². The summed E-state index contributed by atoms with van der Waals surface area (Å²) in [4.78, 5) is 11.4. The van der Waals surface area contributed by atoms with Crippen molar-refractivity contribution in [2.75, 3.05) is 0 Å². The van der Waals surface area contributed by atoms with Crippen molar-refractivity contribution < 1.29 is 9.21 Å². The molecule has 84 valence electrons. The first-order valence-electron chi connectivity index (χ1n) is 5.25. The number of nitrogens with two attached hydrogens (primary N) is 1. The molecule has 1 rings (SSSR count). The molecule has 0 saturated heterocycles. The smallest absolute Gasteiger partial charge is 0.221 e. The average molecular weight is 210 g/mol. The van der Waals surface area contributed by atoms with Crippen LogP contribution in [-0.2, 0) is 11.3 Å². The minimum Gasteiger partial charge on any atom is -0.472 e. The Morgan fingerprint density at radius 1 is 1.67 bits per heavy atom. The molecular weight excluding hydrogens is 192 g/mol. The third-order valence-corrected chi connectivity index (χ3v) is 2.18. The molecule has 0 fully saturated rings. The van der Waals surface area contributed by atoms with E-state index in [0.717, 1.165) is 18.4 Å². The molecule has 0 aliphatic rings. The van der Waals surface area contributed by atoms with Crippen LogP contribution in [0.2, 0.25) is 0 Å². The third kappa shape index (κ3) is 4.65. The second-order valence-corrected chi connectivity index (χ2v) is 3.66. The molecule has 1 unspecified atom stereocenters. The van der Waals surface area contributed by atoms with Crippen LogP contribution < -0.4 is 11.1 Å². The highest BCUT2D eigenvalue weighted by atomic mass is 16.3. The van der Waals surface area contributed by atoms with E-state index in [1.807, 2.05) is 6.07 Å². The minimum absolute atomic E-state index is 0.00264. The molecule has 1 aromatic rings. The van der Waals surface area contributed by atoms with Crippen LogP contribution in [0, 0.1) is 0 Å². The fourth-order valence-electron chi connectivity index (χ4n) is 1.38. The molecule has 0 saturated carbocycles. The summed E-state index contributed by atoms with van der Waals surface area (Å²) < 4.78 is 4.89. The van der Waals surface area contributed by atoms with Crippen LogP contribution >= 0.6 is 0 Å². The average Bonchev–Trinajstić information content (AvgIpc) is 2.67. The van der Waals surface area contributed by atoms with Crippen LogP contribution in [-0.4, -0.2) is 11.9 Å². The lowest BCUT2D eigenvalue weighted by Crippen LogP contribution is -2.31. The maximum atomic E-state index is 11.4. The molecule has 15 heavy (non-hydrogen) atoms. The quantitative estimate of drug-likeness (QED) is 0.746. The molecule has 1 aromatic heterocycles. The summed E-state index contributed by atoms with van der Waals surface area (Å²) in [6.45, 7) is 2.57. The van der Waals surface area contributed by atoms with Gasteiger partial charge in [-0.15, -0.1) is 0 Å². The Morgan fingerprint density at radius 3 is 3.07 bits per heavy atom. The molecule has 1 atom stereocenters. The Bertz CT molecular complexity index is 283. The van der Waals surface area contributed by atoms with Crippen molar-refractivity contribution in [3.63, 3.8) is 0 Å². The van der Waals surface area contributed by atoms with Crippen molar-refractivity contribution in [1.29, 1.82) is 0 Å². The molecule has 0 aromatic carbocycles. The van der Waals surface area contributed by atoms with Gasteiger partial charge in [-0.3, -0.25) is 4.79 Å². The van der Waals surface area contributed by atoms with Gasteiger partial charge in [-0.1, -0.05) is 13.3 Å². The van der Waals surface area contributed by atoms with Crippen molar-refractivity contribution in [3.8, 4) is 0 Å². The Morgan fingerprint density at radius 2 is 2.47 bits per heavy atom. The number of hydrogen-bond donors (Lipinski definition) is 2.